The number of hydrogen-bond donors (Lipinski definition) is 1. The molecule has 6 heteroatoms. The standard InChI is InChI=1S/C18H22N2O4/c21-17(13-22-12-16-8-4-5-9-23-16)19-10-15-11-24-18(20-15)14-6-2-1-3-7-14/h1-3,6-7,11,16H,4-5,8-10,12-13H2,(H,19,21)/t16-/m0/s1. The van der Waals surface area contributed by atoms with E-state index in [1.54, 1.807) is 6.26 Å². The first-order valence-electron chi connectivity index (χ1n) is 8.27. The molecule has 3 rings (SSSR count). The maximum atomic E-state index is 11.8. The summed E-state index contributed by atoms with van der Waals surface area (Å²) in [5.41, 5.74) is 1.59. The number of nitrogens with one attached hydrogen (secondary N) is 1. The largest absolute Gasteiger partial charge is 0.444 e. The molecule has 1 aliphatic heterocycles. The number of carbonyl (C=O) groups excluding carboxylic acids is 1. The monoisotopic (exact) mass is 330 g/mol. The van der Waals surface area contributed by atoms with E-state index in [1.165, 1.54) is 0 Å². The van der Waals surface area contributed by atoms with Gasteiger partial charge in [-0.1, -0.05) is 18.2 Å². The van der Waals surface area contributed by atoms with Crippen LogP contribution in [0, 0.1) is 0 Å². The van der Waals surface area contributed by atoms with E-state index < -0.39 is 0 Å². The molecule has 1 aromatic carbocycles. The Morgan fingerprint density at radius 1 is 1.29 bits per heavy atom. The average Bonchev–Trinajstić information content (AvgIpc) is 3.11. The summed E-state index contributed by atoms with van der Waals surface area (Å²) < 4.78 is 16.4. The molecule has 1 fully saturated rings. The Kier molecular flexibility index (Phi) is 5.98. The normalized spacial score (nSPS) is 17.6. The zero-order valence-electron chi connectivity index (χ0n) is 13.6. The lowest BCUT2D eigenvalue weighted by Gasteiger charge is -2.22. The molecule has 1 N–H and O–H groups in total. The van der Waals surface area contributed by atoms with Gasteiger partial charge in [-0.05, 0) is 31.4 Å². The van der Waals surface area contributed by atoms with E-state index in [4.69, 9.17) is 13.9 Å². The average molecular weight is 330 g/mol. The Bertz CT molecular complexity index is 635. The highest BCUT2D eigenvalue weighted by Crippen LogP contribution is 2.17. The van der Waals surface area contributed by atoms with Gasteiger partial charge in [-0.2, -0.15) is 0 Å². The molecule has 2 aromatic rings. The molecule has 24 heavy (non-hydrogen) atoms. The van der Waals surface area contributed by atoms with Crippen molar-refractivity contribution in [1.29, 1.82) is 0 Å². The van der Waals surface area contributed by atoms with Gasteiger partial charge in [0.1, 0.15) is 12.9 Å². The Morgan fingerprint density at radius 3 is 2.96 bits per heavy atom. The lowest BCUT2D eigenvalue weighted by Crippen LogP contribution is -2.30. The Labute approximate surface area is 141 Å². The summed E-state index contributed by atoms with van der Waals surface area (Å²) in [7, 11) is 0. The number of ether oxygens (including phenoxy) is 2. The van der Waals surface area contributed by atoms with Crippen LogP contribution in [0.3, 0.4) is 0 Å². The molecule has 0 spiro atoms. The van der Waals surface area contributed by atoms with Crippen molar-refractivity contribution in [2.24, 2.45) is 0 Å². The van der Waals surface area contributed by atoms with Crippen LogP contribution < -0.4 is 5.32 Å². The molecule has 0 aliphatic carbocycles. The minimum atomic E-state index is -0.171. The molecule has 0 bridgehead atoms. The van der Waals surface area contributed by atoms with Gasteiger partial charge in [0.2, 0.25) is 11.8 Å². The van der Waals surface area contributed by atoms with Gasteiger partial charge in [0, 0.05) is 12.2 Å². The zero-order valence-corrected chi connectivity index (χ0v) is 13.6. The summed E-state index contributed by atoms with van der Waals surface area (Å²) in [4.78, 5) is 16.2. The second-order valence-electron chi connectivity index (χ2n) is 5.79. The second-order valence-corrected chi connectivity index (χ2v) is 5.79. The van der Waals surface area contributed by atoms with Crippen molar-refractivity contribution in [1.82, 2.24) is 10.3 Å². The third kappa shape index (κ3) is 4.91. The Morgan fingerprint density at radius 2 is 2.17 bits per heavy atom. The van der Waals surface area contributed by atoms with E-state index >= 15 is 0 Å². The second kappa shape index (κ2) is 8.61. The van der Waals surface area contributed by atoms with Crippen LogP contribution in [0.5, 0.6) is 0 Å². The Hall–Kier alpha value is -2.18. The molecule has 1 saturated heterocycles. The van der Waals surface area contributed by atoms with E-state index in [2.05, 4.69) is 10.3 Å². The topological polar surface area (TPSA) is 73.6 Å². The number of benzene rings is 1. The summed E-state index contributed by atoms with van der Waals surface area (Å²) in [5.74, 6) is 0.376. The van der Waals surface area contributed by atoms with Gasteiger partial charge in [0.25, 0.3) is 0 Å². The summed E-state index contributed by atoms with van der Waals surface area (Å²) in [6.07, 6.45) is 4.95. The summed E-state index contributed by atoms with van der Waals surface area (Å²) in [6, 6.07) is 9.64. The third-order valence-electron chi connectivity index (χ3n) is 3.85. The molecule has 1 aliphatic rings. The zero-order chi connectivity index (χ0) is 16.6. The van der Waals surface area contributed by atoms with Gasteiger partial charge in [-0.15, -0.1) is 0 Å². The number of amides is 1. The van der Waals surface area contributed by atoms with E-state index in [-0.39, 0.29) is 18.6 Å². The number of nitrogens with zero attached hydrogens (tertiary/aromatic N) is 1. The first-order valence-corrected chi connectivity index (χ1v) is 8.27. The van der Waals surface area contributed by atoms with Crippen LogP contribution in [0.1, 0.15) is 25.0 Å². The van der Waals surface area contributed by atoms with Crippen LogP contribution in [-0.4, -0.2) is 36.8 Å². The number of oxazole rings is 1. The van der Waals surface area contributed by atoms with Gasteiger partial charge in [-0.3, -0.25) is 4.79 Å². The molecule has 128 valence electrons. The van der Waals surface area contributed by atoms with Crippen molar-refractivity contribution in [2.45, 2.75) is 31.9 Å². The first kappa shape index (κ1) is 16.7. The molecule has 1 amide bonds. The fourth-order valence-electron chi connectivity index (χ4n) is 2.56. The summed E-state index contributed by atoms with van der Waals surface area (Å²) >= 11 is 0. The van der Waals surface area contributed by atoms with Gasteiger partial charge in [-0.25, -0.2) is 4.98 Å². The van der Waals surface area contributed by atoms with Crippen molar-refractivity contribution in [3.8, 4) is 11.5 Å². The fraction of sp³-hybridized carbons (Fsp3) is 0.444. The maximum absolute atomic E-state index is 11.8. The number of rotatable bonds is 7. The van der Waals surface area contributed by atoms with Crippen LogP contribution in [0.25, 0.3) is 11.5 Å². The molecule has 1 aromatic heterocycles. The smallest absolute Gasteiger partial charge is 0.246 e. The van der Waals surface area contributed by atoms with Crippen molar-refractivity contribution in [2.75, 3.05) is 19.8 Å². The van der Waals surface area contributed by atoms with Gasteiger partial charge < -0.3 is 19.2 Å². The van der Waals surface area contributed by atoms with Crippen LogP contribution in [0.4, 0.5) is 0 Å². The number of carbonyl (C=O) groups is 1. The molecule has 0 unspecified atom stereocenters. The van der Waals surface area contributed by atoms with Gasteiger partial charge in [0.15, 0.2) is 0 Å². The minimum Gasteiger partial charge on any atom is -0.444 e. The molecule has 0 saturated carbocycles. The Balaban J connectivity index is 1.38. The van der Waals surface area contributed by atoms with Crippen molar-refractivity contribution in [3.05, 3.63) is 42.3 Å². The number of aromatic nitrogens is 1. The lowest BCUT2D eigenvalue weighted by molar-refractivity contribution is -0.128. The van der Waals surface area contributed by atoms with Gasteiger partial charge in [0.05, 0.1) is 24.9 Å². The minimum absolute atomic E-state index is 0.0310. The highest BCUT2D eigenvalue weighted by atomic mass is 16.5. The van der Waals surface area contributed by atoms with E-state index in [1.807, 2.05) is 30.3 Å². The molecule has 1 atom stereocenters. The lowest BCUT2D eigenvalue weighted by atomic mass is 10.1. The third-order valence-corrected chi connectivity index (χ3v) is 3.85. The van der Waals surface area contributed by atoms with Crippen molar-refractivity contribution >= 4 is 5.91 Å². The van der Waals surface area contributed by atoms with Crippen LogP contribution >= 0.6 is 0 Å². The molecule has 6 nitrogen and oxygen atoms in total. The molecular formula is C18H22N2O4. The van der Waals surface area contributed by atoms with Gasteiger partial charge >= 0.3 is 0 Å². The van der Waals surface area contributed by atoms with E-state index in [0.717, 1.165) is 31.4 Å². The quantitative estimate of drug-likeness (QED) is 0.844. The maximum Gasteiger partial charge on any atom is 0.246 e. The molecule has 0 radical (unpaired) electrons. The first-order chi connectivity index (χ1) is 11.8. The number of hydrogen-bond acceptors (Lipinski definition) is 5. The molecule has 2 heterocycles. The fourth-order valence-corrected chi connectivity index (χ4v) is 2.56. The van der Waals surface area contributed by atoms with Crippen molar-refractivity contribution < 1.29 is 18.7 Å². The highest BCUT2D eigenvalue weighted by molar-refractivity contribution is 5.77. The van der Waals surface area contributed by atoms with E-state index in [9.17, 15) is 4.79 Å². The van der Waals surface area contributed by atoms with Crippen LogP contribution in [0.15, 0.2) is 41.0 Å². The SMILES string of the molecule is O=C(COC[C@@H]1CCCCO1)NCc1coc(-c2ccccc2)n1. The molecular weight excluding hydrogens is 308 g/mol. The van der Waals surface area contributed by atoms with Crippen LogP contribution in [-0.2, 0) is 20.8 Å². The highest BCUT2D eigenvalue weighted by Gasteiger charge is 2.14. The van der Waals surface area contributed by atoms with E-state index in [0.29, 0.717) is 24.7 Å². The predicted molar refractivity (Wildman–Crippen MR) is 88.2 cm³/mol. The predicted octanol–water partition coefficient (Wildman–Crippen LogP) is 2.54. The summed E-state index contributed by atoms with van der Waals surface area (Å²) in [5, 5.41) is 2.77. The summed E-state index contributed by atoms with van der Waals surface area (Å²) in [6.45, 7) is 1.60. The van der Waals surface area contributed by atoms with Crippen LogP contribution in [0.2, 0.25) is 0 Å². The van der Waals surface area contributed by atoms with Crippen molar-refractivity contribution in [3.63, 3.8) is 0 Å².